The maximum atomic E-state index is 5.12. The Morgan fingerprint density at radius 2 is 2.00 bits per heavy atom. The molecule has 0 radical (unpaired) electrons. The zero-order valence-corrected chi connectivity index (χ0v) is 9.52. The first-order valence-electron chi connectivity index (χ1n) is 3.19. The van der Waals surface area contributed by atoms with Crippen LogP contribution in [0.2, 0.25) is 0 Å². The fourth-order valence-electron chi connectivity index (χ4n) is 0.439. The smallest absolute Gasteiger partial charge is 0.246 e. The van der Waals surface area contributed by atoms with Crippen LogP contribution in [0, 0.1) is 0 Å². The summed E-state index contributed by atoms with van der Waals surface area (Å²) in [6.07, 6.45) is 0. The van der Waals surface area contributed by atoms with E-state index in [2.05, 4.69) is 5.32 Å². The standard InChI is InChI=1S/C5H14NO2PS2/c1-6-4-5-11-9(10,7-2)8-3/h6H,4-5H2,1-3H3. The molecule has 0 unspecified atom stereocenters. The summed E-state index contributed by atoms with van der Waals surface area (Å²) in [5.74, 6) is 0.926. The molecule has 11 heavy (non-hydrogen) atoms. The van der Waals surface area contributed by atoms with Gasteiger partial charge in [0.15, 0.2) is 0 Å². The summed E-state index contributed by atoms with van der Waals surface area (Å²) < 4.78 is 10.1. The molecule has 0 aromatic heterocycles. The fraction of sp³-hybridized carbons (Fsp3) is 1.00. The zero-order chi connectivity index (χ0) is 8.74. The molecule has 6 heteroatoms. The van der Waals surface area contributed by atoms with E-state index in [4.69, 9.17) is 20.9 Å². The number of hydrogen-bond acceptors (Lipinski definition) is 5. The highest BCUT2D eigenvalue weighted by Gasteiger charge is 2.14. The maximum absolute atomic E-state index is 5.12. The zero-order valence-electron chi connectivity index (χ0n) is 6.99. The van der Waals surface area contributed by atoms with E-state index in [1.165, 1.54) is 0 Å². The topological polar surface area (TPSA) is 30.5 Å². The molecular formula is C5H14NO2PS2. The Morgan fingerprint density at radius 1 is 1.45 bits per heavy atom. The molecule has 0 aliphatic rings. The van der Waals surface area contributed by atoms with Gasteiger partial charge in [-0.25, -0.2) is 0 Å². The SMILES string of the molecule is CNCCSP(=S)(OC)OC. The highest BCUT2D eigenvalue weighted by Crippen LogP contribution is 2.59. The Morgan fingerprint density at radius 3 is 2.36 bits per heavy atom. The second kappa shape index (κ2) is 6.40. The van der Waals surface area contributed by atoms with Crippen molar-refractivity contribution in [3.63, 3.8) is 0 Å². The summed E-state index contributed by atoms with van der Waals surface area (Å²) in [5.41, 5.74) is -2.00. The third-order valence-corrected chi connectivity index (χ3v) is 6.88. The van der Waals surface area contributed by atoms with Gasteiger partial charge in [-0.1, -0.05) is 11.4 Å². The molecule has 1 N–H and O–H groups in total. The van der Waals surface area contributed by atoms with Crippen molar-refractivity contribution in [3.05, 3.63) is 0 Å². The highest BCUT2D eigenvalue weighted by molar-refractivity contribution is 8.67. The molecule has 0 spiro atoms. The molecule has 0 aromatic rings. The third-order valence-electron chi connectivity index (χ3n) is 1.05. The van der Waals surface area contributed by atoms with Crippen molar-refractivity contribution in [2.45, 2.75) is 0 Å². The Hall–Kier alpha value is 0.880. The monoisotopic (exact) mass is 215 g/mol. The van der Waals surface area contributed by atoms with Gasteiger partial charge in [-0.15, -0.1) is 0 Å². The van der Waals surface area contributed by atoms with E-state index in [0.717, 1.165) is 12.3 Å². The fourth-order valence-corrected chi connectivity index (χ4v) is 3.57. The summed E-state index contributed by atoms with van der Waals surface area (Å²) in [6.45, 7) is 0.926. The van der Waals surface area contributed by atoms with Gasteiger partial charge in [0.2, 0.25) is 5.69 Å². The normalized spacial score (nSPS) is 11.9. The Kier molecular flexibility index (Phi) is 6.91. The Labute approximate surface area is 77.1 Å². The largest absolute Gasteiger partial charge is 0.325 e. The van der Waals surface area contributed by atoms with Crippen LogP contribution in [0.15, 0.2) is 0 Å². The van der Waals surface area contributed by atoms with E-state index >= 15 is 0 Å². The van der Waals surface area contributed by atoms with E-state index in [1.807, 2.05) is 7.05 Å². The average Bonchev–Trinajstić information content (AvgIpc) is 2.05. The second-order valence-electron chi connectivity index (χ2n) is 1.75. The molecule has 0 bridgehead atoms. The molecule has 3 nitrogen and oxygen atoms in total. The number of nitrogens with one attached hydrogen (secondary N) is 1. The molecule has 0 rings (SSSR count). The van der Waals surface area contributed by atoms with Crippen molar-refractivity contribution in [2.24, 2.45) is 0 Å². The Balaban J connectivity index is 3.61. The van der Waals surface area contributed by atoms with Crippen LogP contribution in [0.25, 0.3) is 0 Å². The Bertz CT molecular complexity index is 136. The lowest BCUT2D eigenvalue weighted by Gasteiger charge is -2.15. The van der Waals surface area contributed by atoms with Gasteiger partial charge in [0.1, 0.15) is 0 Å². The van der Waals surface area contributed by atoms with Crippen LogP contribution in [0.5, 0.6) is 0 Å². The van der Waals surface area contributed by atoms with Crippen molar-refractivity contribution < 1.29 is 9.05 Å². The van der Waals surface area contributed by atoms with Crippen LogP contribution in [-0.2, 0) is 20.9 Å². The van der Waals surface area contributed by atoms with Crippen molar-refractivity contribution in [3.8, 4) is 0 Å². The van der Waals surface area contributed by atoms with Crippen LogP contribution in [-0.4, -0.2) is 33.6 Å². The highest BCUT2D eigenvalue weighted by atomic mass is 32.9. The van der Waals surface area contributed by atoms with Crippen LogP contribution in [0.4, 0.5) is 0 Å². The lowest BCUT2D eigenvalue weighted by Crippen LogP contribution is -2.09. The van der Waals surface area contributed by atoms with Crippen molar-refractivity contribution in [1.82, 2.24) is 5.32 Å². The molecule has 0 heterocycles. The summed E-state index contributed by atoms with van der Waals surface area (Å²) >= 11 is 6.69. The summed E-state index contributed by atoms with van der Waals surface area (Å²) in [6, 6.07) is 0. The predicted molar refractivity (Wildman–Crippen MR) is 54.7 cm³/mol. The predicted octanol–water partition coefficient (Wildman–Crippen LogP) is 1.46. The van der Waals surface area contributed by atoms with E-state index in [9.17, 15) is 0 Å². The van der Waals surface area contributed by atoms with E-state index < -0.39 is 5.69 Å². The van der Waals surface area contributed by atoms with Crippen LogP contribution in [0.3, 0.4) is 0 Å². The van der Waals surface area contributed by atoms with Gasteiger partial charge >= 0.3 is 0 Å². The summed E-state index contributed by atoms with van der Waals surface area (Å²) in [5, 5.41) is 3.03. The van der Waals surface area contributed by atoms with Gasteiger partial charge in [0.05, 0.1) is 0 Å². The van der Waals surface area contributed by atoms with E-state index in [-0.39, 0.29) is 0 Å². The molecule has 68 valence electrons. The van der Waals surface area contributed by atoms with Crippen LogP contribution >= 0.6 is 17.1 Å². The van der Waals surface area contributed by atoms with Gasteiger partial charge in [0, 0.05) is 26.5 Å². The first kappa shape index (κ1) is 11.9. The minimum Gasteiger partial charge on any atom is -0.325 e. The van der Waals surface area contributed by atoms with Gasteiger partial charge in [0.25, 0.3) is 0 Å². The van der Waals surface area contributed by atoms with Crippen LogP contribution in [0.1, 0.15) is 0 Å². The minimum absolute atomic E-state index is 0.926. The minimum atomic E-state index is -2.00. The quantitative estimate of drug-likeness (QED) is 0.535. The molecule has 0 aromatic carbocycles. The summed E-state index contributed by atoms with van der Waals surface area (Å²) in [7, 11) is 5.09. The van der Waals surface area contributed by atoms with Crippen molar-refractivity contribution in [2.75, 3.05) is 33.6 Å². The second-order valence-corrected chi connectivity index (χ2v) is 8.39. The molecule has 0 saturated carbocycles. The summed E-state index contributed by atoms with van der Waals surface area (Å²) in [4.78, 5) is 0. The van der Waals surface area contributed by atoms with Gasteiger partial charge in [-0.2, -0.15) is 0 Å². The van der Waals surface area contributed by atoms with Gasteiger partial charge in [-0.3, -0.25) is 0 Å². The number of rotatable bonds is 6. The lowest BCUT2D eigenvalue weighted by atomic mass is 10.8. The van der Waals surface area contributed by atoms with Crippen molar-refractivity contribution in [1.29, 1.82) is 0 Å². The van der Waals surface area contributed by atoms with E-state index in [1.54, 1.807) is 25.6 Å². The first-order valence-corrected chi connectivity index (χ1v) is 7.42. The molecule has 0 aliphatic carbocycles. The molecule has 0 aliphatic heterocycles. The van der Waals surface area contributed by atoms with Gasteiger partial charge < -0.3 is 14.4 Å². The average molecular weight is 215 g/mol. The van der Waals surface area contributed by atoms with Crippen LogP contribution < -0.4 is 5.32 Å². The van der Waals surface area contributed by atoms with Crippen molar-refractivity contribution >= 4 is 28.9 Å². The van der Waals surface area contributed by atoms with E-state index in [0.29, 0.717) is 0 Å². The molecule has 0 saturated heterocycles. The maximum Gasteiger partial charge on any atom is 0.246 e. The third kappa shape index (κ3) is 5.17. The lowest BCUT2D eigenvalue weighted by molar-refractivity contribution is 0.354. The molecule has 0 fully saturated rings. The van der Waals surface area contributed by atoms with Gasteiger partial charge in [-0.05, 0) is 18.9 Å². The molecule has 0 atom stereocenters. The molecular weight excluding hydrogens is 201 g/mol. The first-order chi connectivity index (χ1) is 5.18. The number of hydrogen-bond donors (Lipinski definition) is 1. The molecule has 0 amide bonds.